The van der Waals surface area contributed by atoms with Crippen molar-refractivity contribution in [3.63, 3.8) is 0 Å². The minimum Gasteiger partial charge on any atom is -0.397 e. The van der Waals surface area contributed by atoms with Crippen LogP contribution in [0.2, 0.25) is 0 Å². The fourth-order valence-electron chi connectivity index (χ4n) is 1.51. The highest BCUT2D eigenvalue weighted by atomic mass is 16.6. The summed E-state index contributed by atoms with van der Waals surface area (Å²) in [4.78, 5) is 14.1. The van der Waals surface area contributed by atoms with Gasteiger partial charge in [-0.05, 0) is 6.07 Å². The molecule has 1 heterocycles. The van der Waals surface area contributed by atoms with Crippen molar-refractivity contribution in [2.24, 2.45) is 0 Å². The topological polar surface area (TPSA) is 132 Å². The van der Waals surface area contributed by atoms with Gasteiger partial charge in [0.05, 0.1) is 21.7 Å². The lowest BCUT2D eigenvalue weighted by atomic mass is 10.1. The van der Waals surface area contributed by atoms with Crippen LogP contribution in [0.4, 0.5) is 17.1 Å². The second-order valence-electron chi connectivity index (χ2n) is 3.38. The average Bonchev–Trinajstić information content (AvgIpc) is 2.28. The molecular weight excluding hydrogens is 222 g/mol. The lowest BCUT2D eigenvalue weighted by molar-refractivity contribution is -0.383. The molecule has 0 aliphatic rings. The Morgan fingerprint density at radius 1 is 1.41 bits per heavy atom. The van der Waals surface area contributed by atoms with Crippen LogP contribution in [-0.2, 0) is 0 Å². The molecule has 0 unspecified atom stereocenters. The molecule has 2 rings (SSSR count). The van der Waals surface area contributed by atoms with Gasteiger partial charge in [0.1, 0.15) is 11.8 Å². The number of rotatable bonds is 1. The predicted molar refractivity (Wildman–Crippen MR) is 61.9 cm³/mol. The second-order valence-corrected chi connectivity index (χ2v) is 3.38. The molecule has 0 saturated heterocycles. The molecule has 84 valence electrons. The zero-order chi connectivity index (χ0) is 12.6. The number of nitriles is 1. The molecular formula is C10H7N5O2. The van der Waals surface area contributed by atoms with Crippen LogP contribution in [0, 0.1) is 21.4 Å². The molecule has 1 aromatic carbocycles. The van der Waals surface area contributed by atoms with Gasteiger partial charge in [-0.2, -0.15) is 5.26 Å². The summed E-state index contributed by atoms with van der Waals surface area (Å²) in [5, 5.41) is 19.9. The monoisotopic (exact) mass is 229 g/mol. The maximum Gasteiger partial charge on any atom is 0.292 e. The number of nitrogen functional groups attached to an aromatic ring is 2. The Morgan fingerprint density at radius 3 is 2.71 bits per heavy atom. The fraction of sp³-hybridized carbons (Fsp3) is 0. The lowest BCUT2D eigenvalue weighted by Gasteiger charge is -2.04. The second kappa shape index (κ2) is 3.61. The molecule has 0 aliphatic carbocycles. The normalized spacial score (nSPS) is 10.1. The number of anilines is 2. The number of nitro benzene ring substituents is 1. The quantitative estimate of drug-likeness (QED) is 0.428. The van der Waals surface area contributed by atoms with Crippen molar-refractivity contribution in [2.75, 3.05) is 11.5 Å². The molecule has 0 aliphatic heterocycles. The minimum atomic E-state index is -0.604. The van der Waals surface area contributed by atoms with E-state index < -0.39 is 4.92 Å². The van der Waals surface area contributed by atoms with Crippen molar-refractivity contribution in [1.82, 2.24) is 4.98 Å². The van der Waals surface area contributed by atoms with Crippen molar-refractivity contribution >= 4 is 28.0 Å². The number of fused-ring (bicyclic) bond motifs is 1. The number of aromatic nitrogens is 1. The van der Waals surface area contributed by atoms with E-state index in [-0.39, 0.29) is 22.6 Å². The van der Waals surface area contributed by atoms with E-state index in [0.717, 1.165) is 0 Å². The molecule has 0 amide bonds. The molecule has 17 heavy (non-hydrogen) atoms. The zero-order valence-electron chi connectivity index (χ0n) is 8.54. The first-order chi connectivity index (χ1) is 8.04. The van der Waals surface area contributed by atoms with Crippen LogP contribution >= 0.6 is 0 Å². The van der Waals surface area contributed by atoms with Crippen LogP contribution in [0.25, 0.3) is 10.9 Å². The van der Waals surface area contributed by atoms with Gasteiger partial charge in [-0.1, -0.05) is 0 Å². The van der Waals surface area contributed by atoms with Gasteiger partial charge in [0.15, 0.2) is 0 Å². The summed E-state index contributed by atoms with van der Waals surface area (Å²) < 4.78 is 0. The smallest absolute Gasteiger partial charge is 0.292 e. The number of benzene rings is 1. The summed E-state index contributed by atoms with van der Waals surface area (Å²) in [6.45, 7) is 0. The van der Waals surface area contributed by atoms with Crippen molar-refractivity contribution in [1.29, 1.82) is 5.26 Å². The highest BCUT2D eigenvalue weighted by Gasteiger charge is 2.15. The Hall–Kier alpha value is -2.88. The molecule has 7 nitrogen and oxygen atoms in total. The maximum atomic E-state index is 10.7. The number of pyridine rings is 1. The molecule has 2 aromatic rings. The van der Waals surface area contributed by atoms with E-state index in [2.05, 4.69) is 4.98 Å². The summed E-state index contributed by atoms with van der Waals surface area (Å²) >= 11 is 0. The Balaban J connectivity index is 2.87. The number of nitrogens with zero attached hydrogens (tertiary/aromatic N) is 3. The SMILES string of the molecule is N#Cc1cnc2cc(N)c([N+](=O)[O-])cc2c1N. The van der Waals surface area contributed by atoms with Crippen molar-refractivity contribution in [3.05, 3.63) is 34.0 Å². The highest BCUT2D eigenvalue weighted by molar-refractivity contribution is 5.96. The van der Waals surface area contributed by atoms with E-state index in [1.54, 1.807) is 0 Å². The van der Waals surface area contributed by atoms with Crippen LogP contribution in [0.15, 0.2) is 18.3 Å². The molecule has 7 heteroatoms. The van der Waals surface area contributed by atoms with Gasteiger partial charge in [-0.3, -0.25) is 15.1 Å². The van der Waals surface area contributed by atoms with Crippen LogP contribution in [-0.4, -0.2) is 9.91 Å². The van der Waals surface area contributed by atoms with Gasteiger partial charge in [0.2, 0.25) is 0 Å². The van der Waals surface area contributed by atoms with Gasteiger partial charge in [-0.25, -0.2) is 0 Å². The van der Waals surface area contributed by atoms with Gasteiger partial charge in [0.25, 0.3) is 5.69 Å². The molecule has 1 aromatic heterocycles. The van der Waals surface area contributed by atoms with E-state index in [1.165, 1.54) is 18.3 Å². The van der Waals surface area contributed by atoms with E-state index in [1.807, 2.05) is 6.07 Å². The summed E-state index contributed by atoms with van der Waals surface area (Å²) in [5.41, 5.74) is 11.8. The molecule has 4 N–H and O–H groups in total. The highest BCUT2D eigenvalue weighted by Crippen LogP contribution is 2.31. The molecule has 0 atom stereocenters. The van der Waals surface area contributed by atoms with Gasteiger partial charge < -0.3 is 11.5 Å². The number of nitro groups is 1. The fourth-order valence-corrected chi connectivity index (χ4v) is 1.51. The van der Waals surface area contributed by atoms with E-state index in [4.69, 9.17) is 16.7 Å². The Bertz CT molecular complexity index is 674. The zero-order valence-corrected chi connectivity index (χ0v) is 8.54. The molecule has 0 fully saturated rings. The first-order valence-electron chi connectivity index (χ1n) is 4.56. The van der Waals surface area contributed by atoms with Gasteiger partial charge in [-0.15, -0.1) is 0 Å². The number of hydrogen-bond acceptors (Lipinski definition) is 6. The van der Waals surface area contributed by atoms with Crippen LogP contribution in [0.3, 0.4) is 0 Å². The molecule has 0 saturated carbocycles. The lowest BCUT2D eigenvalue weighted by Crippen LogP contribution is -1.99. The first kappa shape index (κ1) is 10.6. The predicted octanol–water partition coefficient (Wildman–Crippen LogP) is 1.18. The summed E-state index contributed by atoms with van der Waals surface area (Å²) in [5.74, 6) is 0. The maximum absolute atomic E-state index is 10.7. The van der Waals surface area contributed by atoms with Crippen LogP contribution < -0.4 is 11.5 Å². The molecule has 0 radical (unpaired) electrons. The third-order valence-electron chi connectivity index (χ3n) is 2.38. The Kier molecular flexibility index (Phi) is 2.25. The first-order valence-corrected chi connectivity index (χ1v) is 4.56. The molecule has 0 spiro atoms. The third-order valence-corrected chi connectivity index (χ3v) is 2.38. The van der Waals surface area contributed by atoms with Crippen molar-refractivity contribution < 1.29 is 4.92 Å². The third kappa shape index (κ3) is 1.57. The minimum absolute atomic E-state index is 0.0131. The van der Waals surface area contributed by atoms with Gasteiger partial charge >= 0.3 is 0 Å². The van der Waals surface area contributed by atoms with E-state index >= 15 is 0 Å². The molecule has 0 bridgehead atoms. The largest absolute Gasteiger partial charge is 0.397 e. The summed E-state index contributed by atoms with van der Waals surface area (Å²) in [7, 11) is 0. The van der Waals surface area contributed by atoms with E-state index in [9.17, 15) is 10.1 Å². The van der Waals surface area contributed by atoms with E-state index in [0.29, 0.717) is 10.9 Å². The number of hydrogen-bond donors (Lipinski definition) is 2. The summed E-state index contributed by atoms with van der Waals surface area (Å²) in [6.07, 6.45) is 1.31. The Morgan fingerprint density at radius 2 is 2.12 bits per heavy atom. The van der Waals surface area contributed by atoms with Gasteiger partial charge in [0, 0.05) is 17.6 Å². The summed E-state index contributed by atoms with van der Waals surface area (Å²) in [6, 6.07) is 4.46. The number of nitrogens with two attached hydrogens (primary N) is 2. The van der Waals surface area contributed by atoms with Crippen molar-refractivity contribution in [3.8, 4) is 6.07 Å². The average molecular weight is 229 g/mol. The standard InChI is InChI=1S/C10H7N5O2/c11-3-5-4-14-8-2-7(12)9(15(16)17)1-6(8)10(5)13/h1-2,4H,12H2,(H2,13,14). The van der Waals surface area contributed by atoms with Crippen LogP contribution in [0.1, 0.15) is 5.56 Å². The van der Waals surface area contributed by atoms with Crippen LogP contribution in [0.5, 0.6) is 0 Å². The van der Waals surface area contributed by atoms with Crippen molar-refractivity contribution in [2.45, 2.75) is 0 Å². The Labute approximate surface area is 95.4 Å².